The zero-order valence-corrected chi connectivity index (χ0v) is 11.3. The fraction of sp³-hybridized carbons (Fsp3) is 0.417. The number of amides is 1. The van der Waals surface area contributed by atoms with Crippen LogP contribution >= 0.6 is 11.8 Å². The van der Waals surface area contributed by atoms with Crippen LogP contribution in [0.1, 0.15) is 23.2 Å². The molecule has 0 saturated heterocycles. The molecule has 0 unspecified atom stereocenters. The van der Waals surface area contributed by atoms with Crippen molar-refractivity contribution >= 4 is 29.0 Å². The van der Waals surface area contributed by atoms with Gasteiger partial charge in [0.25, 0.3) is 11.6 Å². The molecule has 102 valence electrons. The number of thioether (sulfide) groups is 1. The van der Waals surface area contributed by atoms with E-state index in [0.717, 1.165) is 12.8 Å². The van der Waals surface area contributed by atoms with Gasteiger partial charge in [-0.3, -0.25) is 14.9 Å². The van der Waals surface area contributed by atoms with Gasteiger partial charge in [-0.1, -0.05) is 0 Å². The third kappa shape index (κ3) is 2.98. The predicted octanol–water partition coefficient (Wildman–Crippen LogP) is 1.80. The van der Waals surface area contributed by atoms with Crippen molar-refractivity contribution in [1.29, 1.82) is 0 Å². The number of rotatable bonds is 5. The highest BCUT2D eigenvalue weighted by Crippen LogP contribution is 2.46. The van der Waals surface area contributed by atoms with Gasteiger partial charge < -0.3 is 11.1 Å². The first-order valence-electron chi connectivity index (χ1n) is 5.85. The lowest BCUT2D eigenvalue weighted by atomic mass is 10.1. The van der Waals surface area contributed by atoms with Gasteiger partial charge in [0, 0.05) is 22.9 Å². The average molecular weight is 281 g/mol. The Bertz CT molecular complexity index is 529. The van der Waals surface area contributed by atoms with Crippen molar-refractivity contribution in [2.24, 2.45) is 0 Å². The number of hydrogen-bond donors (Lipinski definition) is 2. The average Bonchev–Trinajstić information content (AvgIpc) is 3.16. The van der Waals surface area contributed by atoms with Crippen LogP contribution in [0.15, 0.2) is 18.2 Å². The maximum absolute atomic E-state index is 11.9. The van der Waals surface area contributed by atoms with Gasteiger partial charge in [0.2, 0.25) is 0 Å². The molecule has 19 heavy (non-hydrogen) atoms. The summed E-state index contributed by atoms with van der Waals surface area (Å²) in [5, 5.41) is 13.5. The molecule has 1 amide bonds. The molecule has 1 aromatic rings. The Balaban J connectivity index is 2.03. The fourth-order valence-electron chi connectivity index (χ4n) is 1.80. The van der Waals surface area contributed by atoms with Gasteiger partial charge in [0.1, 0.15) is 5.69 Å². The Morgan fingerprint density at radius 3 is 2.74 bits per heavy atom. The van der Waals surface area contributed by atoms with Gasteiger partial charge in [-0.15, -0.1) is 0 Å². The minimum absolute atomic E-state index is 0.00338. The standard InChI is InChI=1S/C12H15N3O3S/c1-19-12(4-5-12)7-14-11(16)8-2-3-10(15(17)18)9(13)6-8/h2-3,6H,4-5,7,13H2,1H3,(H,14,16). The highest BCUT2D eigenvalue weighted by atomic mass is 32.2. The van der Waals surface area contributed by atoms with Gasteiger partial charge in [-0.25, -0.2) is 0 Å². The summed E-state index contributed by atoms with van der Waals surface area (Å²) in [6.45, 7) is 0.615. The van der Waals surface area contributed by atoms with Crippen LogP contribution in [0, 0.1) is 10.1 Å². The molecule has 2 rings (SSSR count). The van der Waals surface area contributed by atoms with E-state index in [2.05, 4.69) is 5.32 Å². The molecule has 0 spiro atoms. The predicted molar refractivity (Wildman–Crippen MR) is 75.3 cm³/mol. The van der Waals surface area contributed by atoms with E-state index < -0.39 is 4.92 Å². The Hall–Kier alpha value is -1.76. The lowest BCUT2D eigenvalue weighted by Gasteiger charge is -2.13. The third-order valence-electron chi connectivity index (χ3n) is 3.30. The molecule has 0 heterocycles. The van der Waals surface area contributed by atoms with Gasteiger partial charge in [0.05, 0.1) is 4.92 Å². The van der Waals surface area contributed by atoms with Gasteiger partial charge in [-0.05, 0) is 31.2 Å². The Morgan fingerprint density at radius 1 is 1.58 bits per heavy atom. The van der Waals surface area contributed by atoms with Crippen molar-refractivity contribution in [2.75, 3.05) is 18.5 Å². The number of carbonyl (C=O) groups is 1. The normalized spacial score (nSPS) is 15.8. The zero-order valence-electron chi connectivity index (χ0n) is 10.5. The summed E-state index contributed by atoms with van der Waals surface area (Å²) in [6, 6.07) is 4.01. The number of anilines is 1. The molecular formula is C12H15N3O3S. The molecular weight excluding hydrogens is 266 g/mol. The molecule has 0 atom stereocenters. The van der Waals surface area contributed by atoms with E-state index in [1.54, 1.807) is 11.8 Å². The van der Waals surface area contributed by atoms with Crippen LogP contribution in [0.4, 0.5) is 11.4 Å². The molecule has 1 aromatic carbocycles. The molecule has 0 radical (unpaired) electrons. The van der Waals surface area contributed by atoms with E-state index in [-0.39, 0.29) is 22.0 Å². The van der Waals surface area contributed by atoms with Gasteiger partial charge in [-0.2, -0.15) is 11.8 Å². The molecule has 0 aliphatic heterocycles. The van der Waals surface area contributed by atoms with E-state index >= 15 is 0 Å². The number of nitrogens with zero attached hydrogens (tertiary/aromatic N) is 1. The van der Waals surface area contributed by atoms with Gasteiger partial charge in [0.15, 0.2) is 0 Å². The number of hydrogen-bond acceptors (Lipinski definition) is 5. The van der Waals surface area contributed by atoms with Crippen molar-refractivity contribution in [1.82, 2.24) is 5.32 Å². The number of nitrogens with one attached hydrogen (secondary N) is 1. The first kappa shape index (κ1) is 13.7. The van der Waals surface area contributed by atoms with Crippen LogP contribution in [0.5, 0.6) is 0 Å². The summed E-state index contributed by atoms with van der Waals surface area (Å²) in [4.78, 5) is 22.0. The second-order valence-corrected chi connectivity index (χ2v) is 5.87. The van der Waals surface area contributed by atoms with Crippen molar-refractivity contribution < 1.29 is 9.72 Å². The summed E-state index contributed by atoms with van der Waals surface area (Å²) in [6.07, 6.45) is 4.25. The smallest absolute Gasteiger partial charge is 0.292 e. The number of nitrogen functional groups attached to an aromatic ring is 1. The maximum Gasteiger partial charge on any atom is 0.292 e. The number of nitro benzene ring substituents is 1. The Labute approximate surface area is 114 Å². The van der Waals surface area contributed by atoms with E-state index in [0.29, 0.717) is 12.1 Å². The van der Waals surface area contributed by atoms with Crippen LogP contribution in [0.3, 0.4) is 0 Å². The van der Waals surface area contributed by atoms with Crippen LogP contribution in [-0.2, 0) is 0 Å². The maximum atomic E-state index is 11.9. The lowest BCUT2D eigenvalue weighted by molar-refractivity contribution is -0.383. The highest BCUT2D eigenvalue weighted by molar-refractivity contribution is 8.00. The van der Waals surface area contributed by atoms with Crippen molar-refractivity contribution in [2.45, 2.75) is 17.6 Å². The van der Waals surface area contributed by atoms with E-state index in [4.69, 9.17) is 5.73 Å². The Kier molecular flexibility index (Phi) is 3.66. The topological polar surface area (TPSA) is 98.3 Å². The number of benzene rings is 1. The lowest BCUT2D eigenvalue weighted by Crippen LogP contribution is -2.31. The van der Waals surface area contributed by atoms with Crippen LogP contribution in [0.2, 0.25) is 0 Å². The second kappa shape index (κ2) is 5.08. The number of nitro groups is 1. The molecule has 1 fully saturated rings. The minimum Gasteiger partial charge on any atom is -0.393 e. The van der Waals surface area contributed by atoms with Crippen LogP contribution in [-0.4, -0.2) is 28.4 Å². The molecule has 6 nitrogen and oxygen atoms in total. The molecule has 7 heteroatoms. The van der Waals surface area contributed by atoms with Crippen LogP contribution < -0.4 is 11.1 Å². The first-order chi connectivity index (χ1) is 8.97. The van der Waals surface area contributed by atoms with Crippen LogP contribution in [0.25, 0.3) is 0 Å². The molecule has 1 aliphatic rings. The summed E-state index contributed by atoms with van der Waals surface area (Å²) in [5.41, 5.74) is 5.72. The van der Waals surface area contributed by atoms with E-state index in [1.165, 1.54) is 18.2 Å². The second-order valence-electron chi connectivity index (χ2n) is 4.60. The minimum atomic E-state index is -0.566. The third-order valence-corrected chi connectivity index (χ3v) is 4.72. The van der Waals surface area contributed by atoms with E-state index in [9.17, 15) is 14.9 Å². The number of carbonyl (C=O) groups excluding carboxylic acids is 1. The fourth-order valence-corrected chi connectivity index (χ4v) is 2.52. The van der Waals surface area contributed by atoms with Gasteiger partial charge >= 0.3 is 0 Å². The molecule has 0 bridgehead atoms. The number of nitrogens with two attached hydrogens (primary N) is 1. The summed E-state index contributed by atoms with van der Waals surface area (Å²) < 4.78 is 0.183. The molecule has 0 aromatic heterocycles. The molecule has 1 aliphatic carbocycles. The van der Waals surface area contributed by atoms with Crippen molar-refractivity contribution in [3.05, 3.63) is 33.9 Å². The molecule has 1 saturated carbocycles. The Morgan fingerprint density at radius 2 is 2.26 bits per heavy atom. The summed E-state index contributed by atoms with van der Waals surface area (Å²) >= 11 is 1.76. The van der Waals surface area contributed by atoms with Crippen molar-refractivity contribution in [3.63, 3.8) is 0 Å². The molecule has 3 N–H and O–H groups in total. The zero-order chi connectivity index (χ0) is 14.0. The van der Waals surface area contributed by atoms with E-state index in [1.807, 2.05) is 6.26 Å². The first-order valence-corrected chi connectivity index (χ1v) is 7.07. The SMILES string of the molecule is CSC1(CNC(=O)c2ccc([N+](=O)[O-])c(N)c2)CC1. The van der Waals surface area contributed by atoms with Crippen molar-refractivity contribution in [3.8, 4) is 0 Å². The monoisotopic (exact) mass is 281 g/mol. The quantitative estimate of drug-likeness (QED) is 0.487. The largest absolute Gasteiger partial charge is 0.393 e. The summed E-state index contributed by atoms with van der Waals surface area (Å²) in [7, 11) is 0. The summed E-state index contributed by atoms with van der Waals surface area (Å²) in [5.74, 6) is -0.248. The highest BCUT2D eigenvalue weighted by Gasteiger charge is 2.41.